The molecule has 18 heavy (non-hydrogen) atoms. The molecular weight excluding hydrogens is 244 g/mol. The number of fused-ring (bicyclic) bond motifs is 1. The van der Waals surface area contributed by atoms with Gasteiger partial charge in [-0.15, -0.1) is 11.3 Å². The van der Waals surface area contributed by atoms with Crippen LogP contribution in [0.4, 0.5) is 0 Å². The quantitative estimate of drug-likeness (QED) is 0.766. The highest BCUT2D eigenvalue weighted by molar-refractivity contribution is 7.09. The van der Waals surface area contributed by atoms with Crippen molar-refractivity contribution >= 4 is 22.1 Å². The number of thiazole rings is 1. The maximum absolute atomic E-state index is 10.4. The molecule has 1 aromatic carbocycles. The lowest BCUT2D eigenvalue weighted by atomic mass is 10.0. The molecule has 0 aliphatic carbocycles. The van der Waals surface area contributed by atoms with Crippen LogP contribution in [-0.4, -0.2) is 15.1 Å². The Labute approximate surface area is 109 Å². The summed E-state index contributed by atoms with van der Waals surface area (Å²) in [5, 5.41) is 15.3. The van der Waals surface area contributed by atoms with Gasteiger partial charge in [0.25, 0.3) is 0 Å². The molecule has 2 heterocycles. The molecule has 2 aromatic heterocycles. The van der Waals surface area contributed by atoms with Crippen LogP contribution in [0.15, 0.2) is 42.0 Å². The van der Waals surface area contributed by atoms with Crippen molar-refractivity contribution in [1.29, 1.82) is 0 Å². The summed E-state index contributed by atoms with van der Waals surface area (Å²) in [4.78, 5) is 8.44. The molecule has 0 aliphatic rings. The van der Waals surface area contributed by atoms with Crippen LogP contribution in [0.2, 0.25) is 0 Å². The number of pyridine rings is 1. The van der Waals surface area contributed by atoms with E-state index in [4.69, 9.17) is 0 Å². The Hall–Kier alpha value is -1.78. The Balaban J connectivity index is 2.14. The van der Waals surface area contributed by atoms with Crippen LogP contribution in [0.1, 0.15) is 22.4 Å². The first-order valence-corrected chi connectivity index (χ1v) is 6.56. The monoisotopic (exact) mass is 256 g/mol. The summed E-state index contributed by atoms with van der Waals surface area (Å²) in [6.45, 7) is 1.94. The number of nitrogens with zero attached hydrogens (tertiary/aromatic N) is 2. The highest BCUT2D eigenvalue weighted by Crippen LogP contribution is 2.28. The number of aliphatic hydroxyl groups is 1. The van der Waals surface area contributed by atoms with E-state index < -0.39 is 6.10 Å². The fourth-order valence-electron chi connectivity index (χ4n) is 2.05. The highest BCUT2D eigenvalue weighted by atomic mass is 32.1. The van der Waals surface area contributed by atoms with E-state index in [0.29, 0.717) is 5.69 Å². The van der Waals surface area contributed by atoms with Crippen molar-refractivity contribution in [3.05, 3.63) is 58.3 Å². The van der Waals surface area contributed by atoms with Gasteiger partial charge in [0.2, 0.25) is 0 Å². The summed E-state index contributed by atoms with van der Waals surface area (Å²) >= 11 is 1.55. The number of benzene rings is 1. The maximum atomic E-state index is 10.4. The molecule has 0 saturated heterocycles. The Morgan fingerprint density at radius 2 is 2.17 bits per heavy atom. The van der Waals surface area contributed by atoms with Crippen LogP contribution in [0, 0.1) is 6.92 Å². The number of hydrogen-bond donors (Lipinski definition) is 1. The van der Waals surface area contributed by atoms with E-state index in [1.54, 1.807) is 23.7 Å². The molecule has 90 valence electrons. The summed E-state index contributed by atoms with van der Waals surface area (Å²) < 4.78 is 0. The Kier molecular flexibility index (Phi) is 2.81. The lowest BCUT2D eigenvalue weighted by Crippen LogP contribution is -2.01. The van der Waals surface area contributed by atoms with Crippen molar-refractivity contribution in [1.82, 2.24) is 9.97 Å². The van der Waals surface area contributed by atoms with E-state index in [1.807, 2.05) is 36.6 Å². The van der Waals surface area contributed by atoms with Crippen molar-refractivity contribution in [3.63, 3.8) is 0 Å². The smallest absolute Gasteiger partial charge is 0.122 e. The molecule has 3 rings (SSSR count). The van der Waals surface area contributed by atoms with Crippen LogP contribution in [0.25, 0.3) is 10.8 Å². The van der Waals surface area contributed by atoms with Gasteiger partial charge in [-0.05, 0) is 23.9 Å². The molecule has 0 fully saturated rings. The second-order valence-corrected chi connectivity index (χ2v) is 5.20. The normalized spacial score (nSPS) is 12.8. The van der Waals surface area contributed by atoms with Crippen LogP contribution >= 0.6 is 11.3 Å². The highest BCUT2D eigenvalue weighted by Gasteiger charge is 2.15. The summed E-state index contributed by atoms with van der Waals surface area (Å²) in [7, 11) is 0. The zero-order valence-electron chi connectivity index (χ0n) is 9.87. The predicted molar refractivity (Wildman–Crippen MR) is 72.7 cm³/mol. The molecule has 0 radical (unpaired) electrons. The molecule has 3 nitrogen and oxygen atoms in total. The first kappa shape index (κ1) is 11.3. The van der Waals surface area contributed by atoms with Crippen LogP contribution < -0.4 is 0 Å². The molecule has 0 aliphatic heterocycles. The lowest BCUT2D eigenvalue weighted by molar-refractivity contribution is 0.217. The fraction of sp³-hybridized carbons (Fsp3) is 0.143. The molecular formula is C14H12N2OS. The van der Waals surface area contributed by atoms with Crippen LogP contribution in [-0.2, 0) is 0 Å². The summed E-state index contributed by atoms with van der Waals surface area (Å²) in [5.41, 5.74) is 1.59. The van der Waals surface area contributed by atoms with Gasteiger partial charge in [0.15, 0.2) is 0 Å². The van der Waals surface area contributed by atoms with E-state index in [0.717, 1.165) is 21.3 Å². The standard InChI is InChI=1S/C14H12N2OS/c1-9-16-13(8-18-9)14(17)12-4-2-3-10-7-15-6-5-11(10)12/h2-8,14,17H,1H3. The number of aliphatic hydroxyl groups excluding tert-OH is 1. The minimum absolute atomic E-state index is 0.680. The van der Waals surface area contributed by atoms with Crippen molar-refractivity contribution in [2.24, 2.45) is 0 Å². The van der Waals surface area contributed by atoms with Gasteiger partial charge >= 0.3 is 0 Å². The SMILES string of the molecule is Cc1nc(C(O)c2cccc3cnccc23)cs1. The van der Waals surface area contributed by atoms with Crippen molar-refractivity contribution in [3.8, 4) is 0 Å². The summed E-state index contributed by atoms with van der Waals surface area (Å²) in [6.07, 6.45) is 2.86. The topological polar surface area (TPSA) is 46.0 Å². The predicted octanol–water partition coefficient (Wildman–Crippen LogP) is 3.08. The average molecular weight is 256 g/mol. The Bertz CT molecular complexity index is 688. The van der Waals surface area contributed by atoms with Gasteiger partial charge < -0.3 is 5.11 Å². The minimum Gasteiger partial charge on any atom is -0.382 e. The van der Waals surface area contributed by atoms with E-state index in [1.165, 1.54) is 0 Å². The molecule has 1 N–H and O–H groups in total. The van der Waals surface area contributed by atoms with E-state index in [2.05, 4.69) is 9.97 Å². The van der Waals surface area contributed by atoms with Gasteiger partial charge in [-0.3, -0.25) is 4.98 Å². The fourth-order valence-corrected chi connectivity index (χ4v) is 2.68. The maximum Gasteiger partial charge on any atom is 0.122 e. The van der Waals surface area contributed by atoms with Gasteiger partial charge in [-0.25, -0.2) is 4.98 Å². The number of rotatable bonds is 2. The van der Waals surface area contributed by atoms with Gasteiger partial charge in [-0.1, -0.05) is 18.2 Å². The molecule has 0 saturated carbocycles. The minimum atomic E-state index is -0.680. The third kappa shape index (κ3) is 1.89. The summed E-state index contributed by atoms with van der Waals surface area (Å²) in [5.74, 6) is 0. The van der Waals surface area contributed by atoms with Gasteiger partial charge in [0, 0.05) is 23.2 Å². The number of aryl methyl sites for hydroxylation is 1. The molecule has 0 bridgehead atoms. The van der Waals surface area contributed by atoms with Crippen molar-refractivity contribution < 1.29 is 5.11 Å². The Morgan fingerprint density at radius 1 is 1.28 bits per heavy atom. The molecule has 1 unspecified atom stereocenters. The Morgan fingerprint density at radius 3 is 2.94 bits per heavy atom. The third-order valence-electron chi connectivity index (χ3n) is 2.93. The zero-order valence-corrected chi connectivity index (χ0v) is 10.7. The molecule has 0 spiro atoms. The zero-order chi connectivity index (χ0) is 12.5. The van der Waals surface area contributed by atoms with Crippen LogP contribution in [0.5, 0.6) is 0 Å². The second-order valence-electron chi connectivity index (χ2n) is 4.14. The van der Waals surface area contributed by atoms with E-state index >= 15 is 0 Å². The van der Waals surface area contributed by atoms with E-state index in [9.17, 15) is 5.11 Å². The number of aromatic nitrogens is 2. The largest absolute Gasteiger partial charge is 0.382 e. The van der Waals surface area contributed by atoms with E-state index in [-0.39, 0.29) is 0 Å². The van der Waals surface area contributed by atoms with Crippen molar-refractivity contribution in [2.75, 3.05) is 0 Å². The molecule has 3 aromatic rings. The second kappa shape index (κ2) is 4.48. The average Bonchev–Trinajstić information content (AvgIpc) is 2.84. The first-order chi connectivity index (χ1) is 8.75. The molecule has 4 heteroatoms. The van der Waals surface area contributed by atoms with Crippen molar-refractivity contribution in [2.45, 2.75) is 13.0 Å². The lowest BCUT2D eigenvalue weighted by Gasteiger charge is -2.11. The van der Waals surface area contributed by atoms with Gasteiger partial charge in [0.1, 0.15) is 6.10 Å². The first-order valence-electron chi connectivity index (χ1n) is 5.68. The molecule has 0 amide bonds. The molecule has 1 atom stereocenters. The number of hydrogen-bond acceptors (Lipinski definition) is 4. The van der Waals surface area contributed by atoms with Crippen LogP contribution in [0.3, 0.4) is 0 Å². The van der Waals surface area contributed by atoms with Gasteiger partial charge in [0.05, 0.1) is 10.7 Å². The summed E-state index contributed by atoms with van der Waals surface area (Å²) in [6, 6.07) is 7.78. The third-order valence-corrected chi connectivity index (χ3v) is 3.72. The van der Waals surface area contributed by atoms with Gasteiger partial charge in [-0.2, -0.15) is 0 Å².